The van der Waals surface area contributed by atoms with E-state index in [-0.39, 0.29) is 12.1 Å². The van der Waals surface area contributed by atoms with Gasteiger partial charge < -0.3 is 4.74 Å². The van der Waals surface area contributed by atoms with Crippen molar-refractivity contribution in [1.29, 1.82) is 0 Å². The van der Waals surface area contributed by atoms with Gasteiger partial charge in [-0.15, -0.1) is 0 Å². The molecule has 2 nitrogen and oxygen atoms in total. The van der Waals surface area contributed by atoms with Gasteiger partial charge in [0.25, 0.3) is 0 Å². The second kappa shape index (κ2) is 5.87. The van der Waals surface area contributed by atoms with Crippen molar-refractivity contribution in [3.8, 4) is 0 Å². The lowest BCUT2D eigenvalue weighted by Gasteiger charge is -2.16. The van der Waals surface area contributed by atoms with Crippen molar-refractivity contribution in [2.24, 2.45) is 5.92 Å². The zero-order chi connectivity index (χ0) is 13.8. The number of benzene rings is 2. The van der Waals surface area contributed by atoms with Gasteiger partial charge in [-0.3, -0.25) is 4.79 Å². The number of ether oxygens (including phenoxy) is 1. The summed E-state index contributed by atoms with van der Waals surface area (Å²) in [6.45, 7) is 6.04. The first-order chi connectivity index (χ1) is 9.08. The van der Waals surface area contributed by atoms with Crippen LogP contribution in [0.3, 0.4) is 0 Å². The Balaban J connectivity index is 2.15. The van der Waals surface area contributed by atoms with Crippen LogP contribution in [0.1, 0.15) is 26.3 Å². The summed E-state index contributed by atoms with van der Waals surface area (Å²) in [5.41, 5.74) is 1.03. The summed E-state index contributed by atoms with van der Waals surface area (Å²) >= 11 is 0. The molecule has 0 N–H and O–H groups in total. The molecule has 2 aromatic rings. The maximum absolute atomic E-state index is 11.9. The van der Waals surface area contributed by atoms with Gasteiger partial charge in [-0.05, 0) is 29.2 Å². The summed E-state index contributed by atoms with van der Waals surface area (Å²) in [5, 5.41) is 2.28. The Bertz CT molecular complexity index is 567. The number of esters is 1. The summed E-state index contributed by atoms with van der Waals surface area (Å²) in [5.74, 6) is 0.189. The lowest BCUT2D eigenvalue weighted by Crippen LogP contribution is -2.21. The predicted molar refractivity (Wildman–Crippen MR) is 78.0 cm³/mol. The third-order valence-corrected chi connectivity index (χ3v) is 3.47. The molecule has 2 rings (SSSR count). The van der Waals surface area contributed by atoms with Crippen molar-refractivity contribution in [2.75, 3.05) is 0 Å². The van der Waals surface area contributed by atoms with Crippen LogP contribution in [0.4, 0.5) is 0 Å². The average Bonchev–Trinajstić information content (AvgIpc) is 2.39. The second-order valence-corrected chi connectivity index (χ2v) is 5.25. The van der Waals surface area contributed by atoms with E-state index in [1.807, 2.05) is 37.3 Å². The fraction of sp³-hybridized carbons (Fsp3) is 0.353. The van der Waals surface area contributed by atoms with E-state index in [1.165, 1.54) is 0 Å². The summed E-state index contributed by atoms with van der Waals surface area (Å²) in [6, 6.07) is 14.1. The predicted octanol–water partition coefficient (Wildman–Crippen LogP) is 3.97. The molecule has 0 saturated carbocycles. The van der Waals surface area contributed by atoms with E-state index in [0.717, 1.165) is 16.3 Å². The molecule has 0 heterocycles. The highest BCUT2D eigenvalue weighted by Gasteiger charge is 2.14. The Morgan fingerprint density at radius 2 is 1.74 bits per heavy atom. The van der Waals surface area contributed by atoms with E-state index in [4.69, 9.17) is 4.74 Å². The van der Waals surface area contributed by atoms with Crippen LogP contribution in [-0.2, 0) is 16.0 Å². The van der Waals surface area contributed by atoms with Crippen molar-refractivity contribution in [2.45, 2.75) is 33.3 Å². The molecule has 0 saturated heterocycles. The Morgan fingerprint density at radius 1 is 1.05 bits per heavy atom. The highest BCUT2D eigenvalue weighted by Crippen LogP contribution is 2.19. The molecule has 0 aliphatic heterocycles. The smallest absolute Gasteiger partial charge is 0.310 e. The van der Waals surface area contributed by atoms with E-state index in [2.05, 4.69) is 26.0 Å². The highest BCUT2D eigenvalue weighted by molar-refractivity contribution is 5.88. The monoisotopic (exact) mass is 256 g/mol. The first-order valence-corrected chi connectivity index (χ1v) is 6.74. The topological polar surface area (TPSA) is 26.3 Å². The molecule has 0 amide bonds. The maximum atomic E-state index is 11.9. The molecule has 0 spiro atoms. The van der Waals surface area contributed by atoms with Gasteiger partial charge in [0.05, 0.1) is 6.42 Å². The summed E-state index contributed by atoms with van der Waals surface area (Å²) < 4.78 is 5.43. The second-order valence-electron chi connectivity index (χ2n) is 5.25. The van der Waals surface area contributed by atoms with Crippen molar-refractivity contribution in [1.82, 2.24) is 0 Å². The fourth-order valence-corrected chi connectivity index (χ4v) is 1.99. The summed E-state index contributed by atoms with van der Waals surface area (Å²) in [7, 11) is 0. The van der Waals surface area contributed by atoms with E-state index in [1.54, 1.807) is 0 Å². The Labute approximate surface area is 114 Å². The molecule has 0 bridgehead atoms. The number of fused-ring (bicyclic) bond motifs is 1. The molecule has 0 aliphatic rings. The normalized spacial score (nSPS) is 12.6. The van der Waals surface area contributed by atoms with Gasteiger partial charge in [0.2, 0.25) is 0 Å². The first kappa shape index (κ1) is 13.6. The van der Waals surface area contributed by atoms with E-state index in [0.29, 0.717) is 12.3 Å². The minimum Gasteiger partial charge on any atom is -0.462 e. The Hall–Kier alpha value is -1.83. The molecule has 19 heavy (non-hydrogen) atoms. The van der Waals surface area contributed by atoms with Gasteiger partial charge in [0.15, 0.2) is 0 Å². The van der Waals surface area contributed by atoms with Crippen LogP contribution in [0, 0.1) is 5.92 Å². The standard InChI is InChI=1S/C17H20O2/c1-12(2)13(3)19-17(18)11-15-9-6-8-14-7-4-5-10-16(14)15/h4-10,12-13H,11H2,1-3H3. The largest absolute Gasteiger partial charge is 0.462 e. The number of carbonyl (C=O) groups is 1. The molecular weight excluding hydrogens is 236 g/mol. The molecule has 100 valence electrons. The van der Waals surface area contributed by atoms with Crippen LogP contribution in [-0.4, -0.2) is 12.1 Å². The van der Waals surface area contributed by atoms with Crippen LogP contribution >= 0.6 is 0 Å². The zero-order valence-electron chi connectivity index (χ0n) is 11.7. The SMILES string of the molecule is CC(C)C(C)OC(=O)Cc1cccc2ccccc12. The van der Waals surface area contributed by atoms with Gasteiger partial charge >= 0.3 is 5.97 Å². The minimum absolute atomic E-state index is 0.0394. The zero-order valence-corrected chi connectivity index (χ0v) is 11.7. The third-order valence-electron chi connectivity index (χ3n) is 3.47. The Morgan fingerprint density at radius 3 is 2.47 bits per heavy atom. The molecular formula is C17H20O2. The lowest BCUT2D eigenvalue weighted by molar-refractivity contribution is -0.149. The molecule has 0 aromatic heterocycles. The fourth-order valence-electron chi connectivity index (χ4n) is 1.99. The molecule has 2 heteroatoms. The van der Waals surface area contributed by atoms with Crippen molar-refractivity contribution < 1.29 is 9.53 Å². The van der Waals surface area contributed by atoms with E-state index in [9.17, 15) is 4.79 Å². The summed E-state index contributed by atoms with van der Waals surface area (Å²) in [6.07, 6.45) is 0.292. The average molecular weight is 256 g/mol. The van der Waals surface area contributed by atoms with Crippen LogP contribution in [0.25, 0.3) is 10.8 Å². The molecule has 1 atom stereocenters. The van der Waals surface area contributed by atoms with E-state index >= 15 is 0 Å². The number of hydrogen-bond acceptors (Lipinski definition) is 2. The minimum atomic E-state index is -0.155. The van der Waals surface area contributed by atoms with Gasteiger partial charge in [-0.1, -0.05) is 56.3 Å². The quantitative estimate of drug-likeness (QED) is 0.774. The van der Waals surface area contributed by atoms with Crippen LogP contribution in [0.5, 0.6) is 0 Å². The number of rotatable bonds is 4. The van der Waals surface area contributed by atoms with Crippen molar-refractivity contribution >= 4 is 16.7 Å². The molecule has 2 aromatic carbocycles. The van der Waals surface area contributed by atoms with Gasteiger partial charge in [0, 0.05) is 0 Å². The van der Waals surface area contributed by atoms with Crippen LogP contribution in [0.15, 0.2) is 42.5 Å². The van der Waals surface area contributed by atoms with Crippen molar-refractivity contribution in [3.63, 3.8) is 0 Å². The van der Waals surface area contributed by atoms with Crippen LogP contribution in [0.2, 0.25) is 0 Å². The molecule has 1 unspecified atom stereocenters. The molecule has 0 radical (unpaired) electrons. The van der Waals surface area contributed by atoms with Crippen molar-refractivity contribution in [3.05, 3.63) is 48.0 Å². The molecule has 0 aliphatic carbocycles. The summed E-state index contributed by atoms with van der Waals surface area (Å²) in [4.78, 5) is 11.9. The van der Waals surface area contributed by atoms with Gasteiger partial charge in [0.1, 0.15) is 6.10 Å². The number of hydrogen-bond donors (Lipinski definition) is 0. The maximum Gasteiger partial charge on any atom is 0.310 e. The van der Waals surface area contributed by atoms with Crippen LogP contribution < -0.4 is 0 Å². The van der Waals surface area contributed by atoms with Gasteiger partial charge in [-0.25, -0.2) is 0 Å². The first-order valence-electron chi connectivity index (χ1n) is 6.74. The van der Waals surface area contributed by atoms with E-state index < -0.39 is 0 Å². The van der Waals surface area contributed by atoms with Gasteiger partial charge in [-0.2, -0.15) is 0 Å². The molecule has 0 fully saturated rings. The lowest BCUT2D eigenvalue weighted by atomic mass is 10.0. The third kappa shape index (κ3) is 3.34. The Kier molecular flexibility index (Phi) is 4.20. The highest BCUT2D eigenvalue weighted by atomic mass is 16.5. The number of carbonyl (C=O) groups excluding carboxylic acids is 1.